The number of phenolic OH excluding ortho intramolecular Hbond substituents is 1. The molecule has 0 radical (unpaired) electrons. The van der Waals surface area contributed by atoms with E-state index in [1.807, 2.05) is 42.6 Å². The molecule has 0 fully saturated rings. The normalized spacial score (nSPS) is 11.7. The number of aromatic amines is 1. The maximum atomic E-state index is 12.1. The van der Waals surface area contributed by atoms with E-state index in [2.05, 4.69) is 22.5 Å². The van der Waals surface area contributed by atoms with E-state index >= 15 is 0 Å². The zero-order chi connectivity index (χ0) is 21.3. The third-order valence-corrected chi connectivity index (χ3v) is 5.30. The van der Waals surface area contributed by atoms with Gasteiger partial charge in [0.2, 0.25) is 5.91 Å². The van der Waals surface area contributed by atoms with Crippen LogP contribution in [-0.2, 0) is 11.2 Å². The van der Waals surface area contributed by atoms with Gasteiger partial charge in [0.1, 0.15) is 11.5 Å². The van der Waals surface area contributed by atoms with E-state index in [4.69, 9.17) is 4.74 Å². The first kappa shape index (κ1) is 24.6. The van der Waals surface area contributed by atoms with E-state index in [0.717, 1.165) is 54.6 Å². The van der Waals surface area contributed by atoms with Crippen molar-refractivity contribution in [3.63, 3.8) is 0 Å². The largest absolute Gasteiger partial charge is 0.508 e. The van der Waals surface area contributed by atoms with Gasteiger partial charge in [-0.3, -0.25) is 4.79 Å². The highest BCUT2D eigenvalue weighted by Crippen LogP contribution is 2.23. The number of unbranched alkanes of at least 4 members (excludes halogenated alkanes) is 1. The average molecular weight is 446 g/mol. The standard InChI is InChI=1S/C24H31N3O3.ClH/c1-17(25-14-13-18-16-26-23-12-9-20(28)15-22(18)23)5-3-4-6-24(29)27-19-7-10-21(30-2)11-8-19;/h7-12,15-17,25-26,28H,3-6,13-14H2,1-2H3,(H,27,29);1H. The van der Waals surface area contributed by atoms with Gasteiger partial charge >= 0.3 is 0 Å². The summed E-state index contributed by atoms with van der Waals surface area (Å²) in [6, 6.07) is 13.2. The highest BCUT2D eigenvalue weighted by Gasteiger charge is 2.07. The lowest BCUT2D eigenvalue weighted by Crippen LogP contribution is -2.28. The third kappa shape index (κ3) is 7.49. The van der Waals surface area contributed by atoms with Crippen LogP contribution in [0.2, 0.25) is 0 Å². The molecule has 0 aliphatic rings. The van der Waals surface area contributed by atoms with Crippen LogP contribution in [0, 0.1) is 0 Å². The van der Waals surface area contributed by atoms with Gasteiger partial charge in [0.15, 0.2) is 0 Å². The predicted molar refractivity (Wildman–Crippen MR) is 128 cm³/mol. The Hall–Kier alpha value is -2.70. The first-order valence-electron chi connectivity index (χ1n) is 10.5. The monoisotopic (exact) mass is 445 g/mol. The number of nitrogens with one attached hydrogen (secondary N) is 3. The fourth-order valence-electron chi connectivity index (χ4n) is 3.56. The number of fused-ring (bicyclic) bond motifs is 1. The number of H-pyrrole nitrogens is 1. The molecule has 7 heteroatoms. The minimum Gasteiger partial charge on any atom is -0.508 e. The lowest BCUT2D eigenvalue weighted by Gasteiger charge is -2.13. The smallest absolute Gasteiger partial charge is 0.224 e. The Balaban J connectivity index is 0.00000341. The summed E-state index contributed by atoms with van der Waals surface area (Å²) in [4.78, 5) is 15.3. The Kier molecular flexibility index (Phi) is 9.69. The fourth-order valence-corrected chi connectivity index (χ4v) is 3.56. The lowest BCUT2D eigenvalue weighted by molar-refractivity contribution is -0.116. The van der Waals surface area contributed by atoms with Crippen LogP contribution in [0.15, 0.2) is 48.7 Å². The van der Waals surface area contributed by atoms with Gasteiger partial charge in [0.05, 0.1) is 7.11 Å². The minimum atomic E-state index is 0. The number of aromatic nitrogens is 1. The van der Waals surface area contributed by atoms with Crippen LogP contribution in [0.4, 0.5) is 5.69 Å². The van der Waals surface area contributed by atoms with Crippen molar-refractivity contribution < 1.29 is 14.6 Å². The summed E-state index contributed by atoms with van der Waals surface area (Å²) in [6.45, 7) is 3.06. The van der Waals surface area contributed by atoms with Gasteiger partial charge in [-0.15, -0.1) is 12.4 Å². The second-order valence-corrected chi connectivity index (χ2v) is 7.67. The number of ether oxygens (including phenoxy) is 1. The molecule has 0 bridgehead atoms. The van der Waals surface area contributed by atoms with Gasteiger partial charge in [-0.05, 0) is 80.8 Å². The molecule has 31 heavy (non-hydrogen) atoms. The van der Waals surface area contributed by atoms with Gasteiger partial charge in [0.25, 0.3) is 0 Å². The molecular formula is C24H32ClN3O3. The van der Waals surface area contributed by atoms with Crippen LogP contribution in [0.3, 0.4) is 0 Å². The maximum Gasteiger partial charge on any atom is 0.224 e. The summed E-state index contributed by atoms with van der Waals surface area (Å²) < 4.78 is 5.12. The molecule has 1 aromatic heterocycles. The van der Waals surface area contributed by atoms with Crippen LogP contribution < -0.4 is 15.4 Å². The van der Waals surface area contributed by atoms with Crippen LogP contribution >= 0.6 is 12.4 Å². The molecule has 3 rings (SSSR count). The number of rotatable bonds is 11. The number of methoxy groups -OCH3 is 1. The number of anilines is 1. The summed E-state index contributed by atoms with van der Waals surface area (Å²) in [7, 11) is 1.62. The number of carbonyl (C=O) groups excluding carboxylic acids is 1. The van der Waals surface area contributed by atoms with E-state index in [9.17, 15) is 9.90 Å². The number of hydrogen-bond donors (Lipinski definition) is 4. The van der Waals surface area contributed by atoms with Crippen molar-refractivity contribution in [1.82, 2.24) is 10.3 Å². The average Bonchev–Trinajstić information content (AvgIpc) is 3.14. The van der Waals surface area contributed by atoms with Gasteiger partial charge in [-0.25, -0.2) is 0 Å². The van der Waals surface area contributed by atoms with Crippen LogP contribution in [0.25, 0.3) is 10.9 Å². The van der Waals surface area contributed by atoms with Crippen LogP contribution in [0.5, 0.6) is 11.5 Å². The molecule has 3 aromatic rings. The van der Waals surface area contributed by atoms with Crippen molar-refractivity contribution in [2.75, 3.05) is 19.0 Å². The first-order chi connectivity index (χ1) is 14.5. The SMILES string of the molecule is COc1ccc(NC(=O)CCCCC(C)NCCc2c[nH]c3ccc(O)cc23)cc1.Cl. The van der Waals surface area contributed by atoms with E-state index in [1.54, 1.807) is 13.2 Å². The Labute approximate surface area is 189 Å². The van der Waals surface area contributed by atoms with E-state index < -0.39 is 0 Å². The minimum absolute atomic E-state index is 0. The molecule has 0 spiro atoms. The maximum absolute atomic E-state index is 12.1. The molecule has 4 N–H and O–H groups in total. The molecule has 1 heterocycles. The lowest BCUT2D eigenvalue weighted by atomic mass is 10.1. The second-order valence-electron chi connectivity index (χ2n) is 7.67. The van der Waals surface area contributed by atoms with Crippen LogP contribution in [0.1, 0.15) is 38.2 Å². The highest BCUT2D eigenvalue weighted by atomic mass is 35.5. The quantitative estimate of drug-likeness (QED) is 0.312. The molecule has 1 atom stereocenters. The van der Waals surface area contributed by atoms with Gasteiger partial charge in [-0.2, -0.15) is 0 Å². The molecule has 1 amide bonds. The summed E-state index contributed by atoms with van der Waals surface area (Å²) in [6.07, 6.45) is 6.35. The second kappa shape index (κ2) is 12.2. The van der Waals surface area contributed by atoms with E-state index in [0.29, 0.717) is 18.2 Å². The van der Waals surface area contributed by atoms with Crippen molar-refractivity contribution >= 4 is 34.9 Å². The highest BCUT2D eigenvalue weighted by molar-refractivity contribution is 5.90. The van der Waals surface area contributed by atoms with Crippen molar-refractivity contribution in [3.8, 4) is 11.5 Å². The van der Waals surface area contributed by atoms with Gasteiger partial charge in [-0.1, -0.05) is 6.42 Å². The molecular weight excluding hydrogens is 414 g/mol. The Morgan fingerprint density at radius 1 is 1.16 bits per heavy atom. The number of carbonyl (C=O) groups is 1. The molecule has 2 aromatic carbocycles. The summed E-state index contributed by atoms with van der Waals surface area (Å²) in [5.41, 5.74) is 3.04. The number of aromatic hydroxyl groups is 1. The molecule has 0 saturated carbocycles. The molecule has 0 saturated heterocycles. The fraction of sp³-hybridized carbons (Fsp3) is 0.375. The van der Waals surface area contributed by atoms with Gasteiger partial charge in [0, 0.05) is 35.2 Å². The summed E-state index contributed by atoms with van der Waals surface area (Å²) in [5.74, 6) is 1.11. The van der Waals surface area contributed by atoms with Gasteiger partial charge < -0.3 is 25.5 Å². The molecule has 0 aliphatic heterocycles. The Morgan fingerprint density at radius 2 is 1.94 bits per heavy atom. The number of amides is 1. The number of hydrogen-bond acceptors (Lipinski definition) is 4. The van der Waals surface area contributed by atoms with Crippen molar-refractivity contribution in [2.24, 2.45) is 0 Å². The van der Waals surface area contributed by atoms with Crippen molar-refractivity contribution in [3.05, 3.63) is 54.2 Å². The number of halogens is 1. The van der Waals surface area contributed by atoms with Crippen molar-refractivity contribution in [1.29, 1.82) is 0 Å². The van der Waals surface area contributed by atoms with E-state index in [1.165, 1.54) is 5.56 Å². The number of benzene rings is 2. The Bertz CT molecular complexity index is 956. The Morgan fingerprint density at radius 3 is 2.68 bits per heavy atom. The summed E-state index contributed by atoms with van der Waals surface area (Å²) in [5, 5.41) is 17.2. The summed E-state index contributed by atoms with van der Waals surface area (Å²) >= 11 is 0. The van der Waals surface area contributed by atoms with E-state index in [-0.39, 0.29) is 18.3 Å². The topological polar surface area (TPSA) is 86.4 Å². The molecule has 168 valence electrons. The first-order valence-corrected chi connectivity index (χ1v) is 10.5. The predicted octanol–water partition coefficient (Wildman–Crippen LogP) is 5.02. The van der Waals surface area contributed by atoms with Crippen molar-refractivity contribution in [2.45, 2.75) is 45.1 Å². The number of phenols is 1. The molecule has 6 nitrogen and oxygen atoms in total. The third-order valence-electron chi connectivity index (χ3n) is 5.30. The van der Waals surface area contributed by atoms with Crippen LogP contribution in [-0.4, -0.2) is 35.7 Å². The molecule has 0 aliphatic carbocycles. The molecule has 1 unspecified atom stereocenters. The zero-order valence-electron chi connectivity index (χ0n) is 18.1. The zero-order valence-corrected chi connectivity index (χ0v) is 18.9.